The van der Waals surface area contributed by atoms with Crippen molar-refractivity contribution in [1.82, 2.24) is 14.5 Å². The van der Waals surface area contributed by atoms with Crippen molar-refractivity contribution in [3.8, 4) is 5.82 Å². The molecule has 0 aliphatic rings. The number of nitrogens with two attached hydrogens (primary N) is 1. The van der Waals surface area contributed by atoms with Crippen molar-refractivity contribution in [2.24, 2.45) is 5.73 Å². The van der Waals surface area contributed by atoms with Crippen LogP contribution >= 0.6 is 15.9 Å². The zero-order valence-corrected chi connectivity index (χ0v) is 9.90. The van der Waals surface area contributed by atoms with E-state index < -0.39 is 0 Å². The number of pyridine rings is 1. The molecule has 0 aliphatic carbocycles. The summed E-state index contributed by atoms with van der Waals surface area (Å²) in [5.74, 6) is 1.63. The summed E-state index contributed by atoms with van der Waals surface area (Å²) in [5.41, 5.74) is 6.73. The molecule has 0 bridgehead atoms. The van der Waals surface area contributed by atoms with Gasteiger partial charge in [-0.15, -0.1) is 0 Å². The molecule has 5 heteroatoms. The predicted molar refractivity (Wildman–Crippen MR) is 61.7 cm³/mol. The molecule has 0 radical (unpaired) electrons. The molecule has 0 aliphatic heterocycles. The lowest BCUT2D eigenvalue weighted by molar-refractivity contribution is 0.843. The molecular weight excluding hydrogens is 256 g/mol. The van der Waals surface area contributed by atoms with Crippen LogP contribution in [0.25, 0.3) is 5.82 Å². The van der Waals surface area contributed by atoms with E-state index >= 15 is 0 Å². The number of halogens is 1. The van der Waals surface area contributed by atoms with Crippen LogP contribution in [0.5, 0.6) is 0 Å². The van der Waals surface area contributed by atoms with Crippen LogP contribution < -0.4 is 5.73 Å². The smallest absolute Gasteiger partial charge is 0.152 e. The van der Waals surface area contributed by atoms with Gasteiger partial charge in [-0.05, 0) is 34.5 Å². The minimum absolute atomic E-state index is 0.398. The first-order valence-corrected chi connectivity index (χ1v) is 5.37. The molecule has 2 aromatic heterocycles. The molecule has 0 saturated carbocycles. The van der Waals surface area contributed by atoms with Crippen LogP contribution in [0.3, 0.4) is 0 Å². The average molecular weight is 267 g/mol. The summed E-state index contributed by atoms with van der Waals surface area (Å²) >= 11 is 3.51. The van der Waals surface area contributed by atoms with Gasteiger partial charge >= 0.3 is 0 Å². The van der Waals surface area contributed by atoms with Gasteiger partial charge in [-0.25, -0.2) is 9.97 Å². The fraction of sp³-hybridized carbons (Fsp3) is 0.200. The minimum atomic E-state index is 0.398. The Hall–Kier alpha value is -1.20. The Bertz CT molecular complexity index is 478. The predicted octanol–water partition coefficient (Wildman–Crippen LogP) is 1.80. The van der Waals surface area contributed by atoms with Crippen LogP contribution in [0.2, 0.25) is 0 Å². The minimum Gasteiger partial charge on any atom is -0.324 e. The van der Waals surface area contributed by atoms with Crippen LogP contribution in [0, 0.1) is 6.92 Å². The third-order valence-corrected chi connectivity index (χ3v) is 3.17. The highest BCUT2D eigenvalue weighted by Gasteiger charge is 2.09. The molecule has 15 heavy (non-hydrogen) atoms. The standard InChI is InChI=1S/C10H11BrN4/c1-7-2-3-14-10(9(7)11)15-5-4-13-8(15)6-12/h2-5H,6,12H2,1H3. The Labute approximate surface area is 96.3 Å². The molecule has 2 rings (SSSR count). The van der Waals surface area contributed by atoms with E-state index in [1.807, 2.05) is 23.8 Å². The largest absolute Gasteiger partial charge is 0.324 e. The van der Waals surface area contributed by atoms with Gasteiger partial charge in [0, 0.05) is 18.6 Å². The fourth-order valence-corrected chi connectivity index (χ4v) is 1.80. The van der Waals surface area contributed by atoms with Gasteiger partial charge in [-0.2, -0.15) is 0 Å². The first kappa shape index (κ1) is 10.3. The van der Waals surface area contributed by atoms with Gasteiger partial charge in [0.05, 0.1) is 11.0 Å². The highest BCUT2D eigenvalue weighted by atomic mass is 79.9. The number of nitrogens with zero attached hydrogens (tertiary/aromatic N) is 3. The van der Waals surface area contributed by atoms with Gasteiger partial charge in [-0.1, -0.05) is 0 Å². The molecule has 0 amide bonds. The first-order chi connectivity index (χ1) is 7.24. The van der Waals surface area contributed by atoms with E-state index in [-0.39, 0.29) is 0 Å². The number of aromatic nitrogens is 3. The van der Waals surface area contributed by atoms with Gasteiger partial charge in [0.1, 0.15) is 5.82 Å². The number of hydrogen-bond donors (Lipinski definition) is 1. The molecule has 0 spiro atoms. The van der Waals surface area contributed by atoms with E-state index in [0.29, 0.717) is 6.54 Å². The summed E-state index contributed by atoms with van der Waals surface area (Å²) in [6.45, 7) is 2.42. The summed E-state index contributed by atoms with van der Waals surface area (Å²) < 4.78 is 2.86. The topological polar surface area (TPSA) is 56.7 Å². The number of hydrogen-bond acceptors (Lipinski definition) is 3. The van der Waals surface area contributed by atoms with Crippen LogP contribution in [0.15, 0.2) is 29.1 Å². The Morgan fingerprint density at radius 2 is 2.20 bits per heavy atom. The second kappa shape index (κ2) is 4.12. The van der Waals surface area contributed by atoms with Crippen molar-refractivity contribution in [3.05, 3.63) is 40.5 Å². The summed E-state index contributed by atoms with van der Waals surface area (Å²) in [4.78, 5) is 8.47. The molecule has 0 saturated heterocycles. The molecule has 4 nitrogen and oxygen atoms in total. The lowest BCUT2D eigenvalue weighted by Crippen LogP contribution is -2.08. The molecule has 2 N–H and O–H groups in total. The Kier molecular flexibility index (Phi) is 2.83. The molecule has 0 atom stereocenters. The summed E-state index contributed by atoms with van der Waals surface area (Å²) in [5, 5.41) is 0. The van der Waals surface area contributed by atoms with Crippen LogP contribution in [-0.2, 0) is 6.54 Å². The Morgan fingerprint density at radius 3 is 2.93 bits per heavy atom. The van der Waals surface area contributed by atoms with Crippen LogP contribution in [-0.4, -0.2) is 14.5 Å². The van der Waals surface area contributed by atoms with E-state index in [1.165, 1.54) is 0 Å². The zero-order valence-electron chi connectivity index (χ0n) is 8.31. The average Bonchev–Trinajstić information content (AvgIpc) is 2.70. The summed E-state index contributed by atoms with van der Waals surface area (Å²) in [6.07, 6.45) is 5.35. The maximum Gasteiger partial charge on any atom is 0.152 e. The molecule has 0 unspecified atom stereocenters. The van der Waals surface area contributed by atoms with Gasteiger partial charge in [0.15, 0.2) is 5.82 Å². The van der Waals surface area contributed by atoms with Crippen molar-refractivity contribution in [1.29, 1.82) is 0 Å². The summed E-state index contributed by atoms with van der Waals surface area (Å²) in [7, 11) is 0. The zero-order chi connectivity index (χ0) is 10.8. The maximum atomic E-state index is 5.59. The third-order valence-electron chi connectivity index (χ3n) is 2.19. The molecule has 0 fully saturated rings. The quantitative estimate of drug-likeness (QED) is 0.902. The molecule has 2 aromatic rings. The second-order valence-corrected chi connectivity index (χ2v) is 3.98. The van der Waals surface area contributed by atoms with Crippen LogP contribution in [0.4, 0.5) is 0 Å². The molecule has 2 heterocycles. The van der Waals surface area contributed by atoms with Crippen molar-refractivity contribution < 1.29 is 0 Å². The Morgan fingerprint density at radius 1 is 1.40 bits per heavy atom. The van der Waals surface area contributed by atoms with E-state index in [2.05, 4.69) is 25.9 Å². The van der Waals surface area contributed by atoms with Gasteiger partial charge < -0.3 is 5.73 Å². The molecule has 0 aromatic carbocycles. The van der Waals surface area contributed by atoms with Crippen LogP contribution in [0.1, 0.15) is 11.4 Å². The number of rotatable bonds is 2. The van der Waals surface area contributed by atoms with Crippen molar-refractivity contribution in [2.75, 3.05) is 0 Å². The van der Waals surface area contributed by atoms with Gasteiger partial charge in [-0.3, -0.25) is 4.57 Å². The molecule has 78 valence electrons. The SMILES string of the molecule is Cc1ccnc(-n2ccnc2CN)c1Br. The lowest BCUT2D eigenvalue weighted by atomic mass is 10.3. The highest BCUT2D eigenvalue weighted by molar-refractivity contribution is 9.10. The van der Waals surface area contributed by atoms with E-state index in [4.69, 9.17) is 5.73 Å². The number of imidazole rings is 1. The summed E-state index contributed by atoms with van der Waals surface area (Å²) in [6, 6.07) is 1.95. The Balaban J connectivity index is 2.59. The van der Waals surface area contributed by atoms with E-state index in [0.717, 1.165) is 21.7 Å². The van der Waals surface area contributed by atoms with Crippen molar-refractivity contribution in [3.63, 3.8) is 0 Å². The monoisotopic (exact) mass is 266 g/mol. The van der Waals surface area contributed by atoms with Crippen molar-refractivity contribution >= 4 is 15.9 Å². The van der Waals surface area contributed by atoms with E-state index in [9.17, 15) is 0 Å². The van der Waals surface area contributed by atoms with E-state index in [1.54, 1.807) is 12.4 Å². The van der Waals surface area contributed by atoms with Crippen molar-refractivity contribution in [2.45, 2.75) is 13.5 Å². The first-order valence-electron chi connectivity index (χ1n) is 4.58. The number of aryl methyl sites for hydroxylation is 1. The highest BCUT2D eigenvalue weighted by Crippen LogP contribution is 2.23. The molecular formula is C10H11BrN4. The third kappa shape index (κ3) is 1.80. The fourth-order valence-electron chi connectivity index (χ4n) is 1.37. The van der Waals surface area contributed by atoms with Gasteiger partial charge in [0.25, 0.3) is 0 Å². The second-order valence-electron chi connectivity index (χ2n) is 3.18. The maximum absolute atomic E-state index is 5.59. The normalized spacial score (nSPS) is 10.6. The lowest BCUT2D eigenvalue weighted by Gasteiger charge is -2.08. The van der Waals surface area contributed by atoms with Gasteiger partial charge in [0.2, 0.25) is 0 Å².